The number of benzene rings is 1. The van der Waals surface area contributed by atoms with Crippen LogP contribution in [0.25, 0.3) is 0 Å². The lowest BCUT2D eigenvalue weighted by Gasteiger charge is -2.39. The van der Waals surface area contributed by atoms with E-state index in [9.17, 15) is 4.79 Å². The van der Waals surface area contributed by atoms with Gasteiger partial charge in [0.25, 0.3) is 0 Å². The molecule has 2 aromatic rings. The summed E-state index contributed by atoms with van der Waals surface area (Å²) in [5, 5.41) is 4.38. The summed E-state index contributed by atoms with van der Waals surface area (Å²) in [6.45, 7) is 9.46. The van der Waals surface area contributed by atoms with Crippen molar-refractivity contribution >= 4 is 22.9 Å². The number of thiophene rings is 1. The fourth-order valence-corrected chi connectivity index (χ4v) is 4.35. The predicted octanol–water partition coefficient (Wildman–Crippen LogP) is 5.10. The minimum atomic E-state index is 0.264. The minimum Gasteiger partial charge on any atom is -0.309 e. The molecule has 0 bridgehead atoms. The number of nitrogens with zero attached hydrogens (tertiary/aromatic N) is 2. The summed E-state index contributed by atoms with van der Waals surface area (Å²) < 4.78 is 0. The zero-order valence-corrected chi connectivity index (χ0v) is 17.0. The molecule has 1 aromatic carbocycles. The van der Waals surface area contributed by atoms with Crippen molar-refractivity contribution in [1.29, 1.82) is 0 Å². The van der Waals surface area contributed by atoms with E-state index in [2.05, 4.69) is 71.7 Å². The minimum absolute atomic E-state index is 0.264. The Balaban J connectivity index is 1.69. The normalized spacial score (nSPS) is 16.2. The van der Waals surface area contributed by atoms with Crippen molar-refractivity contribution in [3.8, 4) is 0 Å². The average Bonchev–Trinajstić information content (AvgIpc) is 3.11. The van der Waals surface area contributed by atoms with Gasteiger partial charge in [0, 0.05) is 37.8 Å². The number of amides is 1. The Morgan fingerprint density at radius 2 is 1.88 bits per heavy atom. The first-order valence-electron chi connectivity index (χ1n) is 9.65. The van der Waals surface area contributed by atoms with Crippen LogP contribution in [0.5, 0.6) is 0 Å². The molecule has 1 aromatic heterocycles. The third kappa shape index (κ3) is 4.95. The summed E-state index contributed by atoms with van der Waals surface area (Å²) in [5.41, 5.74) is 3.69. The van der Waals surface area contributed by atoms with Crippen LogP contribution < -0.4 is 4.90 Å². The topological polar surface area (TPSA) is 23.6 Å². The van der Waals surface area contributed by atoms with Gasteiger partial charge in [0.15, 0.2) is 0 Å². The molecule has 1 fully saturated rings. The maximum absolute atomic E-state index is 13.0. The molecule has 2 heterocycles. The van der Waals surface area contributed by atoms with Crippen molar-refractivity contribution in [1.82, 2.24) is 4.90 Å². The Hall–Kier alpha value is -1.65. The second-order valence-corrected chi connectivity index (χ2v) is 8.62. The van der Waals surface area contributed by atoms with Crippen LogP contribution in [0.15, 0.2) is 41.1 Å². The second-order valence-electron chi connectivity index (χ2n) is 7.84. The first kappa shape index (κ1) is 19.1. The van der Waals surface area contributed by atoms with Crippen LogP contribution in [0.3, 0.4) is 0 Å². The van der Waals surface area contributed by atoms with Crippen LogP contribution in [0, 0.1) is 12.8 Å². The van der Waals surface area contributed by atoms with Gasteiger partial charge in [-0.15, -0.1) is 0 Å². The number of carbonyl (C=O) groups excluding carboxylic acids is 1. The highest BCUT2D eigenvalue weighted by Crippen LogP contribution is 2.26. The van der Waals surface area contributed by atoms with E-state index < -0.39 is 0 Å². The van der Waals surface area contributed by atoms with E-state index in [-0.39, 0.29) is 5.91 Å². The van der Waals surface area contributed by atoms with Gasteiger partial charge in [0.2, 0.25) is 5.91 Å². The second kappa shape index (κ2) is 8.83. The number of likely N-dealkylation sites (tertiary alicyclic amines) is 1. The van der Waals surface area contributed by atoms with Gasteiger partial charge in [0.05, 0.1) is 0 Å². The molecule has 3 rings (SSSR count). The molecule has 140 valence electrons. The summed E-state index contributed by atoms with van der Waals surface area (Å²) in [6, 6.07) is 10.9. The summed E-state index contributed by atoms with van der Waals surface area (Å²) >= 11 is 1.76. The molecule has 0 radical (unpaired) electrons. The van der Waals surface area contributed by atoms with Crippen LogP contribution >= 0.6 is 11.3 Å². The van der Waals surface area contributed by atoms with Crippen LogP contribution in [0.2, 0.25) is 0 Å². The van der Waals surface area contributed by atoms with Gasteiger partial charge >= 0.3 is 0 Å². The number of piperidine rings is 1. The third-order valence-electron chi connectivity index (χ3n) is 5.07. The van der Waals surface area contributed by atoms with E-state index in [1.54, 1.807) is 11.3 Å². The summed E-state index contributed by atoms with van der Waals surface area (Å²) in [5.74, 6) is 0.647. The predicted molar refractivity (Wildman–Crippen MR) is 111 cm³/mol. The lowest BCUT2D eigenvalue weighted by molar-refractivity contribution is -0.120. The van der Waals surface area contributed by atoms with Gasteiger partial charge in [-0.25, -0.2) is 0 Å². The van der Waals surface area contributed by atoms with Gasteiger partial charge in [-0.1, -0.05) is 31.5 Å². The molecule has 1 amide bonds. The Morgan fingerprint density at radius 1 is 1.19 bits per heavy atom. The Labute approximate surface area is 161 Å². The molecule has 1 aliphatic heterocycles. The highest BCUT2D eigenvalue weighted by atomic mass is 32.1. The van der Waals surface area contributed by atoms with Crippen molar-refractivity contribution in [3.05, 3.63) is 52.2 Å². The molecule has 0 unspecified atom stereocenters. The molecular formula is C22H30N2OS. The number of anilines is 1. The summed E-state index contributed by atoms with van der Waals surface area (Å²) in [7, 11) is 0. The van der Waals surface area contributed by atoms with E-state index in [4.69, 9.17) is 0 Å². The van der Waals surface area contributed by atoms with Crippen molar-refractivity contribution < 1.29 is 4.79 Å². The van der Waals surface area contributed by atoms with Crippen LogP contribution in [0.1, 0.15) is 44.2 Å². The highest BCUT2D eigenvalue weighted by molar-refractivity contribution is 7.07. The Morgan fingerprint density at radius 3 is 2.46 bits per heavy atom. The fourth-order valence-electron chi connectivity index (χ4n) is 3.69. The van der Waals surface area contributed by atoms with E-state index in [1.165, 1.54) is 11.1 Å². The molecule has 0 aliphatic carbocycles. The first-order chi connectivity index (χ1) is 12.5. The van der Waals surface area contributed by atoms with Crippen LogP contribution in [-0.4, -0.2) is 29.9 Å². The SMILES string of the molecule is Cc1ccc(N(C(=O)CC(C)C)C2CCN(Cc3ccsc3)CC2)cc1. The molecular weight excluding hydrogens is 340 g/mol. The average molecular weight is 371 g/mol. The maximum atomic E-state index is 13.0. The Kier molecular flexibility index (Phi) is 6.49. The zero-order valence-electron chi connectivity index (χ0n) is 16.1. The smallest absolute Gasteiger partial charge is 0.227 e. The number of rotatable bonds is 6. The van der Waals surface area contributed by atoms with E-state index in [0.717, 1.165) is 38.2 Å². The molecule has 0 saturated carbocycles. The van der Waals surface area contributed by atoms with Gasteiger partial charge in [0.1, 0.15) is 0 Å². The van der Waals surface area contributed by atoms with Crippen LogP contribution in [0.4, 0.5) is 5.69 Å². The largest absolute Gasteiger partial charge is 0.309 e. The highest BCUT2D eigenvalue weighted by Gasteiger charge is 2.29. The maximum Gasteiger partial charge on any atom is 0.227 e. The molecule has 0 N–H and O–H groups in total. The molecule has 3 nitrogen and oxygen atoms in total. The number of hydrogen-bond donors (Lipinski definition) is 0. The van der Waals surface area contributed by atoms with Gasteiger partial charge in [-0.3, -0.25) is 9.69 Å². The van der Waals surface area contributed by atoms with Gasteiger partial charge < -0.3 is 4.90 Å². The van der Waals surface area contributed by atoms with E-state index in [0.29, 0.717) is 18.4 Å². The van der Waals surface area contributed by atoms with Crippen molar-refractivity contribution in [2.75, 3.05) is 18.0 Å². The number of carbonyl (C=O) groups is 1. The van der Waals surface area contributed by atoms with E-state index >= 15 is 0 Å². The summed E-state index contributed by atoms with van der Waals surface area (Å²) in [6.07, 6.45) is 2.70. The van der Waals surface area contributed by atoms with E-state index in [1.807, 2.05) is 0 Å². The Bertz CT molecular complexity index is 685. The molecule has 26 heavy (non-hydrogen) atoms. The molecule has 1 aliphatic rings. The van der Waals surface area contributed by atoms with Gasteiger partial charge in [-0.05, 0) is 60.2 Å². The number of hydrogen-bond acceptors (Lipinski definition) is 3. The van der Waals surface area contributed by atoms with Crippen molar-refractivity contribution in [3.63, 3.8) is 0 Å². The molecule has 0 spiro atoms. The monoisotopic (exact) mass is 370 g/mol. The molecule has 4 heteroatoms. The lowest BCUT2D eigenvalue weighted by Crippen LogP contribution is -2.47. The third-order valence-corrected chi connectivity index (χ3v) is 5.80. The lowest BCUT2D eigenvalue weighted by atomic mass is 9.99. The van der Waals surface area contributed by atoms with Crippen molar-refractivity contribution in [2.45, 2.75) is 52.6 Å². The summed E-state index contributed by atoms with van der Waals surface area (Å²) in [4.78, 5) is 17.6. The molecule has 1 saturated heterocycles. The van der Waals surface area contributed by atoms with Crippen molar-refractivity contribution in [2.24, 2.45) is 5.92 Å². The molecule has 0 atom stereocenters. The quantitative estimate of drug-likeness (QED) is 0.706. The number of aryl methyl sites for hydroxylation is 1. The standard InChI is InChI=1S/C22H30N2OS/c1-17(2)14-22(25)24(20-6-4-18(3)5-7-20)21-8-11-23(12-9-21)15-19-10-13-26-16-19/h4-7,10,13,16-17,21H,8-9,11-12,14-15H2,1-3H3. The first-order valence-corrected chi connectivity index (χ1v) is 10.6. The van der Waals surface area contributed by atoms with Gasteiger partial charge in [-0.2, -0.15) is 11.3 Å². The zero-order chi connectivity index (χ0) is 18.5. The fraction of sp³-hybridized carbons (Fsp3) is 0.500. The van der Waals surface area contributed by atoms with Crippen LogP contribution in [-0.2, 0) is 11.3 Å².